The van der Waals surface area contributed by atoms with Crippen LogP contribution in [-0.4, -0.2) is 36.9 Å². The number of rotatable bonds is 7. The standard InChI is InChI=1S/C28H26N2O6/c1-2-35-22-6-4-3-5-21(22)29-23(31)14-36-28(34)15-7-9-16(10-8-15)30-26(32)24-17-11-12-18(20-13-19(17)20)25(24)27(30)33/h3-12,17-20,24-25H,2,13-14H2,1H3,(H,29,31)/t17-,18-,19-,20-,24-,25+/m0/s1. The van der Waals surface area contributed by atoms with E-state index in [-0.39, 0.29) is 41.0 Å². The minimum Gasteiger partial charge on any atom is -0.492 e. The first-order valence-electron chi connectivity index (χ1n) is 12.3. The minimum atomic E-state index is -0.676. The summed E-state index contributed by atoms with van der Waals surface area (Å²) < 4.78 is 10.6. The average molecular weight is 487 g/mol. The van der Waals surface area contributed by atoms with Gasteiger partial charge in [-0.25, -0.2) is 4.79 Å². The van der Waals surface area contributed by atoms with Crippen LogP contribution in [0.15, 0.2) is 60.7 Å². The normalized spacial score (nSPS) is 29.0. The summed E-state index contributed by atoms with van der Waals surface area (Å²) in [7, 11) is 0. The summed E-state index contributed by atoms with van der Waals surface area (Å²) in [5, 5.41) is 2.67. The first-order valence-corrected chi connectivity index (χ1v) is 12.3. The number of carbonyl (C=O) groups is 4. The number of allylic oxidation sites excluding steroid dienone is 2. The molecule has 2 aromatic rings. The van der Waals surface area contributed by atoms with Gasteiger partial charge in [0.25, 0.3) is 5.91 Å². The fourth-order valence-corrected chi connectivity index (χ4v) is 6.21. The molecule has 0 spiro atoms. The van der Waals surface area contributed by atoms with Crippen molar-refractivity contribution in [1.29, 1.82) is 0 Å². The lowest BCUT2D eigenvalue weighted by Crippen LogP contribution is -2.40. The summed E-state index contributed by atoms with van der Waals surface area (Å²) in [6, 6.07) is 13.2. The van der Waals surface area contributed by atoms with E-state index in [1.165, 1.54) is 17.0 Å². The Morgan fingerprint density at radius 2 is 1.58 bits per heavy atom. The molecule has 184 valence electrons. The molecule has 6 atom stereocenters. The molecule has 0 aromatic heterocycles. The van der Waals surface area contributed by atoms with Crippen LogP contribution in [0.5, 0.6) is 5.75 Å². The number of amides is 3. The maximum atomic E-state index is 13.2. The summed E-state index contributed by atoms with van der Waals surface area (Å²) >= 11 is 0. The van der Waals surface area contributed by atoms with Crippen molar-refractivity contribution in [1.82, 2.24) is 0 Å². The van der Waals surface area contributed by atoms with E-state index in [1.54, 1.807) is 36.4 Å². The molecule has 2 aromatic carbocycles. The molecule has 0 radical (unpaired) electrons. The van der Waals surface area contributed by atoms with Gasteiger partial charge in [-0.1, -0.05) is 24.3 Å². The summed E-state index contributed by atoms with van der Waals surface area (Å²) in [5.41, 5.74) is 1.17. The third-order valence-corrected chi connectivity index (χ3v) is 7.82. The van der Waals surface area contributed by atoms with Gasteiger partial charge >= 0.3 is 5.97 Å². The van der Waals surface area contributed by atoms with Crippen LogP contribution in [0.3, 0.4) is 0 Å². The molecular weight excluding hydrogens is 460 g/mol. The molecule has 0 unspecified atom stereocenters. The van der Waals surface area contributed by atoms with Crippen LogP contribution >= 0.6 is 0 Å². The van der Waals surface area contributed by atoms with E-state index in [0.717, 1.165) is 6.42 Å². The Balaban J connectivity index is 1.09. The average Bonchev–Trinajstić information content (AvgIpc) is 3.67. The van der Waals surface area contributed by atoms with Crippen LogP contribution in [0.25, 0.3) is 0 Å². The molecular formula is C28H26N2O6. The van der Waals surface area contributed by atoms with E-state index < -0.39 is 18.5 Å². The highest BCUT2D eigenvalue weighted by Gasteiger charge is 2.67. The van der Waals surface area contributed by atoms with Crippen LogP contribution < -0.4 is 15.0 Å². The lowest BCUT2D eigenvalue weighted by Gasteiger charge is -2.37. The SMILES string of the molecule is CCOc1ccccc1NC(=O)COC(=O)c1ccc(N2C(=O)[C@@H]3[C@H]4C=C[C@@H]([C@@H]5C[C@@H]45)[C@@H]3C2=O)cc1. The first-order chi connectivity index (χ1) is 17.5. The monoisotopic (exact) mass is 486 g/mol. The van der Waals surface area contributed by atoms with E-state index in [4.69, 9.17) is 9.47 Å². The highest BCUT2D eigenvalue weighted by Crippen LogP contribution is 2.65. The summed E-state index contributed by atoms with van der Waals surface area (Å²) in [6.45, 7) is 1.83. The van der Waals surface area contributed by atoms with Crippen LogP contribution in [0.1, 0.15) is 23.7 Å². The highest BCUT2D eigenvalue weighted by atomic mass is 16.5. The van der Waals surface area contributed by atoms with Gasteiger partial charge < -0.3 is 14.8 Å². The van der Waals surface area contributed by atoms with Crippen LogP contribution in [-0.2, 0) is 19.1 Å². The molecule has 1 saturated heterocycles. The lowest BCUT2D eigenvalue weighted by molar-refractivity contribution is -0.124. The van der Waals surface area contributed by atoms with E-state index in [1.807, 2.05) is 6.92 Å². The predicted molar refractivity (Wildman–Crippen MR) is 130 cm³/mol. The molecule has 1 aliphatic heterocycles. The van der Waals surface area contributed by atoms with Crippen molar-refractivity contribution in [3.05, 3.63) is 66.2 Å². The molecule has 5 aliphatic rings. The largest absolute Gasteiger partial charge is 0.492 e. The number of anilines is 2. The Bertz CT molecular complexity index is 1250. The molecule has 1 heterocycles. The number of hydrogen-bond acceptors (Lipinski definition) is 6. The van der Waals surface area contributed by atoms with Crippen LogP contribution in [0.4, 0.5) is 11.4 Å². The van der Waals surface area contributed by atoms with Gasteiger partial charge in [-0.3, -0.25) is 19.3 Å². The summed E-state index contributed by atoms with van der Waals surface area (Å²) in [6.07, 6.45) is 5.39. The zero-order chi connectivity index (χ0) is 25.0. The lowest BCUT2D eigenvalue weighted by atomic mass is 9.63. The van der Waals surface area contributed by atoms with E-state index >= 15 is 0 Å². The quantitative estimate of drug-likeness (QED) is 0.366. The number of para-hydroxylation sites is 2. The van der Waals surface area contributed by atoms with Crippen molar-refractivity contribution in [2.75, 3.05) is 23.4 Å². The fraction of sp³-hybridized carbons (Fsp3) is 0.357. The van der Waals surface area contributed by atoms with Gasteiger partial charge in [0.1, 0.15) is 5.75 Å². The van der Waals surface area contributed by atoms with Gasteiger partial charge in [-0.2, -0.15) is 0 Å². The van der Waals surface area contributed by atoms with Crippen molar-refractivity contribution in [3.8, 4) is 5.75 Å². The fourth-order valence-electron chi connectivity index (χ4n) is 6.21. The van der Waals surface area contributed by atoms with Crippen LogP contribution in [0.2, 0.25) is 0 Å². The second-order valence-electron chi connectivity index (χ2n) is 9.77. The van der Waals surface area contributed by atoms with E-state index in [0.29, 0.717) is 35.6 Å². The third kappa shape index (κ3) is 3.59. The number of hydrogen-bond donors (Lipinski definition) is 1. The Morgan fingerprint density at radius 1 is 0.944 bits per heavy atom. The van der Waals surface area contributed by atoms with Gasteiger partial charge in [-0.05, 0) is 73.4 Å². The molecule has 1 N–H and O–H groups in total. The molecule has 36 heavy (non-hydrogen) atoms. The van der Waals surface area contributed by atoms with E-state index in [9.17, 15) is 19.2 Å². The topological polar surface area (TPSA) is 102 Å². The number of imide groups is 1. The molecule has 7 rings (SSSR count). The first kappa shape index (κ1) is 22.5. The molecule has 2 saturated carbocycles. The van der Waals surface area contributed by atoms with Gasteiger partial charge in [0.05, 0.1) is 35.4 Å². The maximum absolute atomic E-state index is 13.2. The highest BCUT2D eigenvalue weighted by molar-refractivity contribution is 6.22. The molecule has 4 aliphatic carbocycles. The second kappa shape index (κ2) is 8.62. The molecule has 3 amide bonds. The van der Waals surface area contributed by atoms with E-state index in [2.05, 4.69) is 17.5 Å². The maximum Gasteiger partial charge on any atom is 0.338 e. The van der Waals surface area contributed by atoms with Crippen molar-refractivity contribution < 1.29 is 28.7 Å². The number of esters is 1. The summed E-state index contributed by atoms with van der Waals surface area (Å²) in [5.74, 6) is -0.0711. The smallest absolute Gasteiger partial charge is 0.338 e. The zero-order valence-electron chi connectivity index (χ0n) is 19.8. The number of ether oxygens (including phenoxy) is 2. The Kier molecular flexibility index (Phi) is 5.39. The van der Waals surface area contributed by atoms with Gasteiger partial charge in [0.15, 0.2) is 6.61 Å². The van der Waals surface area contributed by atoms with Crippen molar-refractivity contribution in [2.45, 2.75) is 13.3 Å². The number of benzene rings is 2. The van der Waals surface area contributed by atoms with Gasteiger partial charge in [0, 0.05) is 0 Å². The predicted octanol–water partition coefficient (Wildman–Crippen LogP) is 3.44. The Hall–Kier alpha value is -3.94. The number of carbonyl (C=O) groups excluding carboxylic acids is 4. The minimum absolute atomic E-state index is 0.144. The van der Waals surface area contributed by atoms with Crippen molar-refractivity contribution in [2.24, 2.45) is 35.5 Å². The second-order valence-corrected chi connectivity index (χ2v) is 9.77. The van der Waals surface area contributed by atoms with Crippen molar-refractivity contribution in [3.63, 3.8) is 0 Å². The third-order valence-electron chi connectivity index (χ3n) is 7.82. The molecule has 3 fully saturated rings. The molecule has 8 heteroatoms. The molecule has 2 bridgehead atoms. The number of nitrogens with one attached hydrogen (secondary N) is 1. The van der Waals surface area contributed by atoms with Gasteiger partial charge in [0.2, 0.25) is 11.8 Å². The van der Waals surface area contributed by atoms with Crippen LogP contribution in [0, 0.1) is 35.5 Å². The Morgan fingerprint density at radius 3 is 2.22 bits per heavy atom. The number of nitrogens with zero attached hydrogens (tertiary/aromatic N) is 1. The van der Waals surface area contributed by atoms with Gasteiger partial charge in [-0.15, -0.1) is 0 Å². The Labute approximate surface area is 208 Å². The summed E-state index contributed by atoms with van der Waals surface area (Å²) in [4.78, 5) is 52.5. The zero-order valence-corrected chi connectivity index (χ0v) is 19.8. The molecule has 8 nitrogen and oxygen atoms in total. The van der Waals surface area contributed by atoms with Crippen molar-refractivity contribution >= 4 is 35.1 Å².